The lowest BCUT2D eigenvalue weighted by Crippen LogP contribution is -2.41. The van der Waals surface area contributed by atoms with Gasteiger partial charge in [0.2, 0.25) is 10.0 Å². The summed E-state index contributed by atoms with van der Waals surface area (Å²) in [6.07, 6.45) is 0. The second kappa shape index (κ2) is 9.94. The summed E-state index contributed by atoms with van der Waals surface area (Å²) in [4.78, 5) is 10.3. The highest BCUT2D eigenvalue weighted by atomic mass is 35.5. The fraction of sp³-hybridized carbons (Fsp3) is 0.235. The number of hydrogen-bond donors (Lipinski definition) is 3. The largest absolute Gasteiger partial charge is 0.379 e. The number of hydrazine groups is 1. The van der Waals surface area contributed by atoms with Crippen LogP contribution in [-0.2, 0) is 14.8 Å². The number of rotatable bonds is 6. The van der Waals surface area contributed by atoms with Gasteiger partial charge < -0.3 is 10.1 Å². The number of benzene rings is 2. The number of non-ortho nitro benzene ring substituents is 1. The molecule has 14 heteroatoms. The van der Waals surface area contributed by atoms with Gasteiger partial charge in [0, 0.05) is 30.2 Å². The average Bonchev–Trinajstić information content (AvgIpc) is 2.74. The Morgan fingerprint density at radius 2 is 1.81 bits per heavy atom. The van der Waals surface area contributed by atoms with E-state index in [1.807, 2.05) is 0 Å². The molecule has 0 bridgehead atoms. The lowest BCUT2D eigenvalue weighted by molar-refractivity contribution is -0.385. The van der Waals surface area contributed by atoms with Crippen LogP contribution in [0.5, 0.6) is 0 Å². The van der Waals surface area contributed by atoms with Crippen LogP contribution in [0.3, 0.4) is 0 Å². The molecule has 0 spiro atoms. The molecule has 2 aromatic rings. The van der Waals surface area contributed by atoms with E-state index in [-0.39, 0.29) is 47.7 Å². The van der Waals surface area contributed by atoms with Crippen LogP contribution in [-0.4, -0.2) is 49.1 Å². The van der Waals surface area contributed by atoms with Gasteiger partial charge in [0.1, 0.15) is 4.90 Å². The van der Waals surface area contributed by atoms with Crippen LogP contribution in [0.1, 0.15) is 0 Å². The second-order valence-corrected chi connectivity index (χ2v) is 9.44. The van der Waals surface area contributed by atoms with Crippen LogP contribution in [0.15, 0.2) is 41.3 Å². The molecule has 0 radical (unpaired) electrons. The maximum Gasteiger partial charge on any atom is 0.270 e. The van der Waals surface area contributed by atoms with Gasteiger partial charge in [-0.05, 0) is 36.5 Å². The molecule has 0 aromatic heterocycles. The van der Waals surface area contributed by atoms with Gasteiger partial charge in [-0.15, -0.1) is 0 Å². The maximum atomic E-state index is 13.1. The number of nitro groups is 1. The SMILES string of the molecule is O=[N+]([O-])c1ccc(NNC(=S)Nc2ccc(Cl)cc2Cl)c(S(=O)(=O)N2CCOCC2)c1. The Morgan fingerprint density at radius 3 is 2.45 bits per heavy atom. The monoisotopic (exact) mass is 505 g/mol. The normalized spacial score (nSPS) is 14.6. The van der Waals surface area contributed by atoms with Crippen molar-refractivity contribution >= 4 is 67.6 Å². The van der Waals surface area contributed by atoms with Crippen LogP contribution in [0.2, 0.25) is 10.0 Å². The van der Waals surface area contributed by atoms with Crippen LogP contribution < -0.4 is 16.2 Å². The molecule has 1 heterocycles. The van der Waals surface area contributed by atoms with E-state index in [4.69, 9.17) is 40.2 Å². The molecule has 1 aliphatic rings. The van der Waals surface area contributed by atoms with E-state index < -0.39 is 14.9 Å². The molecule has 166 valence electrons. The topological polar surface area (TPSA) is 126 Å². The van der Waals surface area contributed by atoms with Gasteiger partial charge in [0.15, 0.2) is 5.11 Å². The average molecular weight is 506 g/mol. The van der Waals surface area contributed by atoms with Crippen LogP contribution in [0.4, 0.5) is 17.1 Å². The number of morpholine rings is 1. The number of ether oxygens (including phenoxy) is 1. The molecule has 31 heavy (non-hydrogen) atoms. The summed E-state index contributed by atoms with van der Waals surface area (Å²) in [5.74, 6) is 0. The molecule has 0 saturated carbocycles. The molecule has 1 saturated heterocycles. The van der Waals surface area contributed by atoms with Crippen molar-refractivity contribution in [1.29, 1.82) is 0 Å². The van der Waals surface area contributed by atoms with Crippen molar-refractivity contribution in [1.82, 2.24) is 9.73 Å². The van der Waals surface area contributed by atoms with Crippen LogP contribution >= 0.6 is 35.4 Å². The fourth-order valence-corrected chi connectivity index (χ4v) is 4.93. The van der Waals surface area contributed by atoms with E-state index in [0.29, 0.717) is 15.7 Å². The number of halogens is 2. The molecule has 0 aliphatic carbocycles. The van der Waals surface area contributed by atoms with Gasteiger partial charge in [-0.1, -0.05) is 23.2 Å². The van der Waals surface area contributed by atoms with E-state index in [2.05, 4.69) is 16.2 Å². The molecular formula is C17H17Cl2N5O5S2. The predicted molar refractivity (Wildman–Crippen MR) is 122 cm³/mol. The van der Waals surface area contributed by atoms with E-state index in [1.165, 1.54) is 22.5 Å². The quantitative estimate of drug-likeness (QED) is 0.308. The Morgan fingerprint density at radius 1 is 1.13 bits per heavy atom. The number of sulfonamides is 1. The van der Waals surface area contributed by atoms with E-state index in [1.54, 1.807) is 12.1 Å². The van der Waals surface area contributed by atoms with Gasteiger partial charge in [0.25, 0.3) is 5.69 Å². The first-order chi connectivity index (χ1) is 14.7. The van der Waals surface area contributed by atoms with Gasteiger partial charge in [-0.3, -0.25) is 21.0 Å². The zero-order valence-electron chi connectivity index (χ0n) is 15.8. The lowest BCUT2D eigenvalue weighted by atomic mass is 10.3. The number of thiocarbonyl (C=S) groups is 1. The summed E-state index contributed by atoms with van der Waals surface area (Å²) in [5, 5.41) is 14.9. The molecule has 3 N–H and O–H groups in total. The summed E-state index contributed by atoms with van der Waals surface area (Å²) >= 11 is 17.2. The Bertz CT molecular complexity index is 1110. The molecule has 1 aliphatic heterocycles. The Balaban J connectivity index is 1.81. The van der Waals surface area contributed by atoms with Gasteiger partial charge >= 0.3 is 0 Å². The van der Waals surface area contributed by atoms with Gasteiger partial charge in [0.05, 0.1) is 34.5 Å². The minimum absolute atomic E-state index is 0.0808. The molecule has 0 unspecified atom stereocenters. The summed E-state index contributed by atoms with van der Waals surface area (Å²) in [6.45, 7) is 0.774. The molecule has 10 nitrogen and oxygen atoms in total. The first-order valence-corrected chi connectivity index (χ1v) is 11.4. The van der Waals surface area contributed by atoms with E-state index in [0.717, 1.165) is 6.07 Å². The van der Waals surface area contributed by atoms with E-state index in [9.17, 15) is 18.5 Å². The molecule has 0 amide bonds. The third-order valence-corrected chi connectivity index (χ3v) is 6.94. The Kier molecular flexibility index (Phi) is 7.51. The zero-order chi connectivity index (χ0) is 22.6. The summed E-state index contributed by atoms with van der Waals surface area (Å²) in [6, 6.07) is 8.26. The summed E-state index contributed by atoms with van der Waals surface area (Å²) < 4.78 is 32.6. The van der Waals surface area contributed by atoms with Crippen molar-refractivity contribution in [3.8, 4) is 0 Å². The summed E-state index contributed by atoms with van der Waals surface area (Å²) in [5.41, 5.74) is 5.56. The standard InChI is InChI=1S/C17H17Cl2N5O5S2/c18-11-1-3-14(13(19)9-11)20-17(30)22-21-15-4-2-12(24(25)26)10-16(15)31(27,28)23-5-7-29-8-6-23/h1-4,9-10,21H,5-8H2,(H2,20,22,30). The fourth-order valence-electron chi connectivity index (χ4n) is 2.74. The Hall–Kier alpha value is -2.22. The lowest BCUT2D eigenvalue weighted by Gasteiger charge is -2.27. The van der Waals surface area contributed by atoms with Crippen molar-refractivity contribution in [2.45, 2.75) is 4.90 Å². The smallest absolute Gasteiger partial charge is 0.270 e. The molecule has 1 fully saturated rings. The molecule has 2 aromatic carbocycles. The van der Waals surface area contributed by atoms with Crippen molar-refractivity contribution in [3.05, 3.63) is 56.6 Å². The van der Waals surface area contributed by atoms with Gasteiger partial charge in [-0.25, -0.2) is 8.42 Å². The number of nitro benzene ring substituents is 1. The van der Waals surface area contributed by atoms with Crippen molar-refractivity contribution in [2.24, 2.45) is 0 Å². The van der Waals surface area contributed by atoms with Crippen LogP contribution in [0, 0.1) is 10.1 Å². The minimum atomic E-state index is -4.02. The highest BCUT2D eigenvalue weighted by Crippen LogP contribution is 2.29. The number of nitrogens with one attached hydrogen (secondary N) is 3. The van der Waals surface area contributed by atoms with Crippen LogP contribution in [0.25, 0.3) is 0 Å². The Labute approximate surface area is 193 Å². The number of anilines is 2. The highest BCUT2D eigenvalue weighted by Gasteiger charge is 2.30. The minimum Gasteiger partial charge on any atom is -0.379 e. The first-order valence-electron chi connectivity index (χ1n) is 8.83. The molecule has 0 atom stereocenters. The second-order valence-electron chi connectivity index (χ2n) is 6.28. The predicted octanol–water partition coefficient (Wildman–Crippen LogP) is 3.24. The molecule has 3 rings (SSSR count). The third kappa shape index (κ3) is 5.73. The first kappa shape index (κ1) is 23.4. The maximum absolute atomic E-state index is 13.1. The third-order valence-electron chi connectivity index (χ3n) is 4.25. The van der Waals surface area contributed by atoms with Gasteiger partial charge in [-0.2, -0.15) is 4.31 Å². The summed E-state index contributed by atoms with van der Waals surface area (Å²) in [7, 11) is -4.02. The zero-order valence-corrected chi connectivity index (χ0v) is 18.9. The number of hydrogen-bond acceptors (Lipinski definition) is 7. The highest BCUT2D eigenvalue weighted by molar-refractivity contribution is 7.89. The molecular weight excluding hydrogens is 489 g/mol. The van der Waals surface area contributed by atoms with Crippen molar-refractivity contribution < 1.29 is 18.1 Å². The number of nitrogens with zero attached hydrogens (tertiary/aromatic N) is 2. The van der Waals surface area contributed by atoms with E-state index >= 15 is 0 Å². The van der Waals surface area contributed by atoms with Crippen molar-refractivity contribution in [3.63, 3.8) is 0 Å². The van der Waals surface area contributed by atoms with Crippen molar-refractivity contribution in [2.75, 3.05) is 37.0 Å².